The number of hydrogen-bond acceptors (Lipinski definition) is 0. The van der Waals surface area contributed by atoms with Crippen LogP contribution in [0.4, 0.5) is 0 Å². The van der Waals surface area contributed by atoms with Crippen molar-refractivity contribution in [2.75, 3.05) is 0 Å². The zero-order valence-electron chi connectivity index (χ0n) is 41.7. The normalized spacial score (nSPS) is 13.1. The van der Waals surface area contributed by atoms with E-state index in [9.17, 15) is 0 Å². The molecule has 0 heteroatoms. The SMILES string of the molecule is c1ccc(C2=C3C(=C(c4ccccc4)c4cc(-c5ccccc5)c(-c5ccccc5)cc43)C(c3cc(-c4ccc5ccccc5c4)c4ccccc4c3)=C2c2cc(-c3ccc4ccccc4c3)c3ccccc3c2)cc1. The molecule has 0 spiro atoms. The highest BCUT2D eigenvalue weighted by atomic mass is 14.4. The first-order chi connectivity index (χ1) is 37.7. The Balaban J connectivity index is 1.12. The zero-order valence-corrected chi connectivity index (χ0v) is 41.7. The number of rotatable bonds is 8. The Morgan fingerprint density at radius 2 is 0.461 bits per heavy atom. The van der Waals surface area contributed by atoms with Gasteiger partial charge in [0.05, 0.1) is 0 Å². The second-order valence-corrected chi connectivity index (χ2v) is 20.3. The molecular formula is C76H48. The van der Waals surface area contributed by atoms with Gasteiger partial charge in [0.25, 0.3) is 0 Å². The van der Waals surface area contributed by atoms with Crippen LogP contribution in [0.1, 0.15) is 33.4 Å². The van der Waals surface area contributed by atoms with Crippen molar-refractivity contribution in [3.63, 3.8) is 0 Å². The summed E-state index contributed by atoms with van der Waals surface area (Å²) in [5, 5.41) is 9.80. The van der Waals surface area contributed by atoms with Gasteiger partial charge in [0.15, 0.2) is 0 Å². The summed E-state index contributed by atoms with van der Waals surface area (Å²) in [5.74, 6) is 0. The summed E-state index contributed by atoms with van der Waals surface area (Å²) in [7, 11) is 0. The maximum atomic E-state index is 2.52. The van der Waals surface area contributed by atoms with E-state index < -0.39 is 0 Å². The molecule has 0 saturated heterocycles. The largest absolute Gasteiger partial charge is 0.0622 e. The molecule has 15 rings (SSSR count). The molecule has 0 bridgehead atoms. The minimum absolute atomic E-state index is 1.18. The van der Waals surface area contributed by atoms with E-state index in [4.69, 9.17) is 0 Å². The summed E-state index contributed by atoms with van der Waals surface area (Å²) in [6.07, 6.45) is 0. The maximum absolute atomic E-state index is 2.52. The van der Waals surface area contributed by atoms with Gasteiger partial charge >= 0.3 is 0 Å². The molecule has 0 unspecified atom stereocenters. The fourth-order valence-corrected chi connectivity index (χ4v) is 12.5. The van der Waals surface area contributed by atoms with Crippen molar-refractivity contribution in [1.82, 2.24) is 0 Å². The predicted octanol–water partition coefficient (Wildman–Crippen LogP) is 20.3. The van der Waals surface area contributed by atoms with Crippen molar-refractivity contribution in [3.8, 4) is 44.5 Å². The average Bonchev–Trinajstić information content (AvgIpc) is 4.01. The lowest BCUT2D eigenvalue weighted by atomic mass is 9.82. The molecule has 0 atom stereocenters. The van der Waals surface area contributed by atoms with Gasteiger partial charge in [-0.3, -0.25) is 0 Å². The molecule has 76 heavy (non-hydrogen) atoms. The fourth-order valence-electron chi connectivity index (χ4n) is 12.5. The van der Waals surface area contributed by atoms with Gasteiger partial charge in [-0.25, -0.2) is 0 Å². The van der Waals surface area contributed by atoms with Gasteiger partial charge in [0.2, 0.25) is 0 Å². The molecule has 0 nitrogen and oxygen atoms in total. The van der Waals surface area contributed by atoms with Crippen molar-refractivity contribution in [2.24, 2.45) is 0 Å². The molecule has 0 amide bonds. The Labute approximate surface area is 443 Å². The van der Waals surface area contributed by atoms with Crippen LogP contribution in [0.5, 0.6) is 0 Å². The third-order valence-corrected chi connectivity index (χ3v) is 15.9. The van der Waals surface area contributed by atoms with E-state index in [0.717, 1.165) is 0 Å². The molecule has 0 N–H and O–H groups in total. The van der Waals surface area contributed by atoms with Crippen LogP contribution in [0.25, 0.3) is 115 Å². The second kappa shape index (κ2) is 18.0. The number of fused-ring (bicyclic) bond motifs is 7. The van der Waals surface area contributed by atoms with Crippen LogP contribution in [-0.2, 0) is 0 Å². The monoisotopic (exact) mass is 960 g/mol. The first-order valence-corrected chi connectivity index (χ1v) is 26.4. The van der Waals surface area contributed by atoms with Gasteiger partial charge in [0.1, 0.15) is 0 Å². The van der Waals surface area contributed by atoms with Crippen LogP contribution < -0.4 is 0 Å². The quantitative estimate of drug-likeness (QED) is 0.142. The molecule has 0 heterocycles. The molecule has 13 aromatic carbocycles. The molecule has 2 aliphatic rings. The Morgan fingerprint density at radius 1 is 0.132 bits per heavy atom. The van der Waals surface area contributed by atoms with Crippen molar-refractivity contribution in [1.29, 1.82) is 0 Å². The minimum atomic E-state index is 1.18. The number of hydrogen-bond donors (Lipinski definition) is 0. The summed E-state index contributed by atoms with van der Waals surface area (Å²) < 4.78 is 0. The van der Waals surface area contributed by atoms with Gasteiger partial charge in [-0.2, -0.15) is 0 Å². The zero-order chi connectivity index (χ0) is 50.1. The van der Waals surface area contributed by atoms with Crippen LogP contribution in [0.2, 0.25) is 0 Å². The van der Waals surface area contributed by atoms with Gasteiger partial charge < -0.3 is 0 Å². The third kappa shape index (κ3) is 7.22. The van der Waals surface area contributed by atoms with E-state index in [1.807, 2.05) is 0 Å². The number of benzene rings is 13. The van der Waals surface area contributed by atoms with Crippen molar-refractivity contribution >= 4 is 71.0 Å². The highest BCUT2D eigenvalue weighted by molar-refractivity contribution is 6.40. The van der Waals surface area contributed by atoms with Crippen LogP contribution in [0.15, 0.2) is 297 Å². The molecule has 0 radical (unpaired) electrons. The second-order valence-electron chi connectivity index (χ2n) is 20.3. The highest BCUT2D eigenvalue weighted by Crippen LogP contribution is 2.63. The molecule has 0 aromatic heterocycles. The van der Waals surface area contributed by atoms with Gasteiger partial charge in [-0.05, 0) is 203 Å². The van der Waals surface area contributed by atoms with Gasteiger partial charge in [0, 0.05) is 0 Å². The Morgan fingerprint density at radius 3 is 0.921 bits per heavy atom. The third-order valence-electron chi connectivity index (χ3n) is 15.9. The minimum Gasteiger partial charge on any atom is -0.0622 e. The van der Waals surface area contributed by atoms with E-state index in [2.05, 4.69) is 291 Å². The van der Waals surface area contributed by atoms with Crippen LogP contribution in [0.3, 0.4) is 0 Å². The molecule has 352 valence electrons. The molecule has 0 saturated carbocycles. The topological polar surface area (TPSA) is 0 Å². The first kappa shape index (κ1) is 43.7. The predicted molar refractivity (Wildman–Crippen MR) is 324 cm³/mol. The van der Waals surface area contributed by atoms with E-state index in [1.165, 1.54) is 154 Å². The molecule has 13 aromatic rings. The van der Waals surface area contributed by atoms with Crippen molar-refractivity contribution in [2.45, 2.75) is 0 Å². The van der Waals surface area contributed by atoms with Crippen molar-refractivity contribution in [3.05, 3.63) is 330 Å². The maximum Gasteiger partial charge on any atom is -0.000137 e. The summed E-state index contributed by atoms with van der Waals surface area (Å²) in [5.41, 5.74) is 24.3. The van der Waals surface area contributed by atoms with Gasteiger partial charge in [-0.15, -0.1) is 0 Å². The standard InChI is InChI=1S/C76H48/c1-5-23-51(24-6-1)67-47-69-70(48-68(67)52-25-7-2-8-26-52)75-72(54-29-11-4-12-30-54)73(61-43-57-33-17-19-35-63(57)65(45-61)59-39-37-49-21-13-15-31-55(49)41-59)74(76(75)71(69)53-27-9-3-10-28-53)62-44-58-34-18-20-36-64(58)66(46-62)60-40-38-50-22-14-16-32-56(50)42-60/h1-48H. The summed E-state index contributed by atoms with van der Waals surface area (Å²) in [6.45, 7) is 0. The van der Waals surface area contributed by atoms with Crippen LogP contribution >= 0.6 is 0 Å². The summed E-state index contributed by atoms with van der Waals surface area (Å²) >= 11 is 0. The smallest absolute Gasteiger partial charge is 0.000137 e. The lowest BCUT2D eigenvalue weighted by Crippen LogP contribution is -1.98. The van der Waals surface area contributed by atoms with Crippen LogP contribution in [0, 0.1) is 0 Å². The molecular weight excluding hydrogens is 913 g/mol. The Kier molecular flexibility index (Phi) is 10.3. The lowest BCUT2D eigenvalue weighted by Gasteiger charge is -2.21. The highest BCUT2D eigenvalue weighted by Gasteiger charge is 2.41. The van der Waals surface area contributed by atoms with E-state index in [-0.39, 0.29) is 0 Å². The van der Waals surface area contributed by atoms with Crippen LogP contribution in [-0.4, -0.2) is 0 Å². The van der Waals surface area contributed by atoms with E-state index in [1.54, 1.807) is 0 Å². The van der Waals surface area contributed by atoms with Crippen molar-refractivity contribution < 1.29 is 0 Å². The van der Waals surface area contributed by atoms with E-state index >= 15 is 0 Å². The lowest BCUT2D eigenvalue weighted by molar-refractivity contribution is 1.52. The van der Waals surface area contributed by atoms with E-state index in [0.29, 0.717) is 0 Å². The Bertz CT molecular complexity index is 4570. The van der Waals surface area contributed by atoms with Gasteiger partial charge in [-0.1, -0.05) is 243 Å². The molecule has 0 fully saturated rings. The number of allylic oxidation sites excluding steroid dienone is 5. The fraction of sp³-hybridized carbons (Fsp3) is 0. The average molecular weight is 961 g/mol. The molecule has 2 aliphatic carbocycles. The molecule has 0 aliphatic heterocycles. The summed E-state index contributed by atoms with van der Waals surface area (Å²) in [6, 6.07) is 109. The summed E-state index contributed by atoms with van der Waals surface area (Å²) in [4.78, 5) is 0. The Hall–Kier alpha value is -9.88. The first-order valence-electron chi connectivity index (χ1n) is 26.4.